The number of carbonyl (C=O) groups excluding carboxylic acids is 1. The van der Waals surface area contributed by atoms with Crippen molar-refractivity contribution in [3.63, 3.8) is 0 Å². The average molecular weight is 310 g/mol. The van der Waals surface area contributed by atoms with Crippen LogP contribution in [0.25, 0.3) is 0 Å². The maximum absolute atomic E-state index is 13.7. The van der Waals surface area contributed by atoms with Gasteiger partial charge in [-0.05, 0) is 30.3 Å². The normalized spacial score (nSPS) is 10.2. The number of methoxy groups -OCH3 is 1. The molecular weight excluding hydrogens is 297 g/mol. The molecular formula is C15H13ClFNO3. The van der Waals surface area contributed by atoms with Gasteiger partial charge in [-0.3, -0.25) is 0 Å². The summed E-state index contributed by atoms with van der Waals surface area (Å²) in [5, 5.41) is 0.305. The van der Waals surface area contributed by atoms with Gasteiger partial charge in [-0.25, -0.2) is 9.18 Å². The highest BCUT2D eigenvalue weighted by Crippen LogP contribution is 2.24. The molecule has 110 valence electrons. The fourth-order valence-corrected chi connectivity index (χ4v) is 1.90. The topological polar surface area (TPSA) is 61.5 Å². The van der Waals surface area contributed by atoms with Crippen molar-refractivity contribution in [2.24, 2.45) is 0 Å². The predicted molar refractivity (Wildman–Crippen MR) is 77.9 cm³/mol. The Morgan fingerprint density at radius 1 is 1.29 bits per heavy atom. The lowest BCUT2D eigenvalue weighted by Gasteiger charge is -2.11. The van der Waals surface area contributed by atoms with Crippen molar-refractivity contribution in [3.05, 3.63) is 58.4 Å². The summed E-state index contributed by atoms with van der Waals surface area (Å²) in [4.78, 5) is 11.7. The van der Waals surface area contributed by atoms with Gasteiger partial charge in [0.05, 0.1) is 7.11 Å². The van der Waals surface area contributed by atoms with Gasteiger partial charge in [-0.2, -0.15) is 0 Å². The number of esters is 1. The fraction of sp³-hybridized carbons (Fsp3) is 0.133. The average Bonchev–Trinajstić information content (AvgIpc) is 2.46. The minimum absolute atomic E-state index is 0.0447. The Morgan fingerprint density at radius 2 is 2.05 bits per heavy atom. The van der Waals surface area contributed by atoms with Crippen LogP contribution < -0.4 is 10.5 Å². The summed E-state index contributed by atoms with van der Waals surface area (Å²) in [5.74, 6) is -0.781. The monoisotopic (exact) mass is 309 g/mol. The van der Waals surface area contributed by atoms with Crippen molar-refractivity contribution < 1.29 is 18.7 Å². The zero-order chi connectivity index (χ0) is 15.4. The van der Waals surface area contributed by atoms with Gasteiger partial charge in [-0.15, -0.1) is 0 Å². The van der Waals surface area contributed by atoms with Crippen LogP contribution in [0.4, 0.5) is 10.1 Å². The first kappa shape index (κ1) is 15.1. The predicted octanol–water partition coefficient (Wildman–Crippen LogP) is 3.43. The number of nitrogen functional groups attached to an aromatic ring is 1. The van der Waals surface area contributed by atoms with E-state index in [0.29, 0.717) is 16.3 Å². The Kier molecular flexibility index (Phi) is 4.65. The van der Waals surface area contributed by atoms with Crippen LogP contribution in [0, 0.1) is 5.82 Å². The van der Waals surface area contributed by atoms with E-state index in [1.807, 2.05) is 0 Å². The molecule has 2 aromatic carbocycles. The number of nitrogens with two attached hydrogens (primary N) is 1. The van der Waals surface area contributed by atoms with Crippen molar-refractivity contribution in [1.82, 2.24) is 0 Å². The van der Waals surface area contributed by atoms with Gasteiger partial charge in [0.25, 0.3) is 0 Å². The van der Waals surface area contributed by atoms with Crippen LogP contribution in [0.15, 0.2) is 36.4 Å². The maximum Gasteiger partial charge on any atom is 0.341 e. The third kappa shape index (κ3) is 3.64. The number of anilines is 1. The Balaban J connectivity index is 2.21. The van der Waals surface area contributed by atoms with Crippen LogP contribution >= 0.6 is 11.6 Å². The van der Waals surface area contributed by atoms with E-state index in [1.54, 1.807) is 12.1 Å². The fourth-order valence-electron chi connectivity index (χ4n) is 1.74. The molecule has 0 heterocycles. The Labute approximate surface area is 126 Å². The molecule has 0 saturated carbocycles. The van der Waals surface area contributed by atoms with E-state index in [2.05, 4.69) is 4.74 Å². The van der Waals surface area contributed by atoms with E-state index in [1.165, 1.54) is 31.4 Å². The molecule has 0 aliphatic carbocycles. The zero-order valence-corrected chi connectivity index (χ0v) is 12.0. The van der Waals surface area contributed by atoms with Crippen molar-refractivity contribution in [2.75, 3.05) is 12.8 Å². The second-order valence-electron chi connectivity index (χ2n) is 4.27. The number of halogens is 2. The molecule has 0 atom stereocenters. The lowest BCUT2D eigenvalue weighted by molar-refractivity contribution is 0.0595. The summed E-state index contributed by atoms with van der Waals surface area (Å²) < 4.78 is 23.8. The first-order valence-electron chi connectivity index (χ1n) is 6.06. The zero-order valence-electron chi connectivity index (χ0n) is 11.2. The number of hydrogen-bond donors (Lipinski definition) is 1. The molecule has 2 N–H and O–H groups in total. The van der Waals surface area contributed by atoms with E-state index >= 15 is 0 Å². The summed E-state index contributed by atoms with van der Waals surface area (Å²) in [6, 6.07) is 8.85. The summed E-state index contributed by atoms with van der Waals surface area (Å²) >= 11 is 5.68. The number of rotatable bonds is 4. The van der Waals surface area contributed by atoms with Crippen LogP contribution in [0.2, 0.25) is 5.02 Å². The van der Waals surface area contributed by atoms with Gasteiger partial charge in [-0.1, -0.05) is 17.7 Å². The summed E-state index contributed by atoms with van der Waals surface area (Å²) in [6.07, 6.45) is 0. The minimum Gasteiger partial charge on any atom is -0.488 e. The third-order valence-corrected chi connectivity index (χ3v) is 3.04. The first-order valence-corrected chi connectivity index (χ1v) is 6.43. The van der Waals surface area contributed by atoms with Crippen LogP contribution in [0.1, 0.15) is 15.9 Å². The van der Waals surface area contributed by atoms with Gasteiger partial charge in [0.1, 0.15) is 23.7 Å². The molecule has 0 unspecified atom stereocenters. The molecule has 0 aliphatic rings. The molecule has 0 saturated heterocycles. The van der Waals surface area contributed by atoms with E-state index < -0.39 is 11.8 Å². The largest absolute Gasteiger partial charge is 0.488 e. The Bertz CT molecular complexity index is 676. The van der Waals surface area contributed by atoms with Crippen molar-refractivity contribution in [3.8, 4) is 5.75 Å². The van der Waals surface area contributed by atoms with Crippen LogP contribution in [0.5, 0.6) is 5.75 Å². The number of hydrogen-bond acceptors (Lipinski definition) is 4. The molecule has 0 fully saturated rings. The van der Waals surface area contributed by atoms with E-state index in [9.17, 15) is 9.18 Å². The van der Waals surface area contributed by atoms with Gasteiger partial charge < -0.3 is 15.2 Å². The molecule has 2 aromatic rings. The molecule has 4 nitrogen and oxygen atoms in total. The lowest BCUT2D eigenvalue weighted by Crippen LogP contribution is -2.07. The molecule has 2 rings (SSSR count). The summed E-state index contributed by atoms with van der Waals surface area (Å²) in [6.45, 7) is -0.0447. The van der Waals surface area contributed by atoms with Gasteiger partial charge in [0.2, 0.25) is 0 Å². The molecule has 0 radical (unpaired) electrons. The van der Waals surface area contributed by atoms with Crippen molar-refractivity contribution >= 4 is 23.3 Å². The molecule has 0 amide bonds. The van der Waals surface area contributed by atoms with Crippen molar-refractivity contribution in [1.29, 1.82) is 0 Å². The Morgan fingerprint density at radius 3 is 2.71 bits per heavy atom. The quantitative estimate of drug-likeness (QED) is 0.694. The third-order valence-electron chi connectivity index (χ3n) is 2.81. The van der Waals surface area contributed by atoms with Gasteiger partial charge in [0.15, 0.2) is 0 Å². The lowest BCUT2D eigenvalue weighted by atomic mass is 10.1. The van der Waals surface area contributed by atoms with Crippen LogP contribution in [-0.2, 0) is 11.3 Å². The van der Waals surface area contributed by atoms with Gasteiger partial charge in [0, 0.05) is 16.3 Å². The van der Waals surface area contributed by atoms with E-state index in [0.717, 1.165) is 0 Å². The van der Waals surface area contributed by atoms with Crippen LogP contribution in [0.3, 0.4) is 0 Å². The Hall–Kier alpha value is -2.27. The molecule has 0 bridgehead atoms. The highest BCUT2D eigenvalue weighted by atomic mass is 35.5. The molecule has 6 heteroatoms. The minimum atomic E-state index is -0.575. The molecule has 0 spiro atoms. The molecule has 21 heavy (non-hydrogen) atoms. The van der Waals surface area contributed by atoms with Gasteiger partial charge >= 0.3 is 5.97 Å². The second kappa shape index (κ2) is 6.45. The molecule has 0 aromatic heterocycles. The maximum atomic E-state index is 13.7. The second-order valence-corrected chi connectivity index (χ2v) is 4.71. The number of carbonyl (C=O) groups is 1. The summed E-state index contributed by atoms with van der Waals surface area (Å²) in [7, 11) is 1.26. The van der Waals surface area contributed by atoms with Crippen LogP contribution in [-0.4, -0.2) is 13.1 Å². The summed E-state index contributed by atoms with van der Waals surface area (Å²) in [5.41, 5.74) is 6.55. The molecule has 0 aliphatic heterocycles. The van der Waals surface area contributed by atoms with Crippen molar-refractivity contribution in [2.45, 2.75) is 6.61 Å². The van der Waals surface area contributed by atoms with E-state index in [4.69, 9.17) is 22.1 Å². The first-order chi connectivity index (χ1) is 10.0. The smallest absolute Gasteiger partial charge is 0.341 e. The van der Waals surface area contributed by atoms with E-state index in [-0.39, 0.29) is 17.9 Å². The standard InChI is InChI=1S/C15H13ClFNO3/c1-20-15(19)12-7-11(18)4-5-14(12)21-8-9-2-3-10(16)6-13(9)17/h2-7H,8,18H2,1H3. The number of benzene rings is 2. The highest BCUT2D eigenvalue weighted by Gasteiger charge is 2.14. The highest BCUT2D eigenvalue weighted by molar-refractivity contribution is 6.30. The number of ether oxygens (including phenoxy) is 2. The SMILES string of the molecule is COC(=O)c1cc(N)ccc1OCc1ccc(Cl)cc1F.